The van der Waals surface area contributed by atoms with Crippen molar-refractivity contribution < 1.29 is 0 Å². The summed E-state index contributed by atoms with van der Waals surface area (Å²) in [5.74, 6) is 0. The van der Waals surface area contributed by atoms with Crippen molar-refractivity contribution in [1.29, 1.82) is 0 Å². The molecule has 2 N–H and O–H groups in total. The molecule has 14 heavy (non-hydrogen) atoms. The van der Waals surface area contributed by atoms with Crippen LogP contribution < -0.4 is 5.73 Å². The lowest BCUT2D eigenvalue weighted by Crippen LogP contribution is -2.08. The first kappa shape index (κ1) is 9.71. The van der Waals surface area contributed by atoms with Crippen LogP contribution in [0.15, 0.2) is 12.4 Å². The van der Waals surface area contributed by atoms with E-state index < -0.39 is 0 Å². The Bertz CT molecular complexity index is 286. The normalized spacial score (nSPS) is 20.1. The zero-order chi connectivity index (χ0) is 9.97. The molecule has 0 saturated heterocycles. The summed E-state index contributed by atoms with van der Waals surface area (Å²) in [5, 5.41) is 4.40. The van der Waals surface area contributed by atoms with E-state index in [1.807, 2.05) is 6.20 Å². The van der Waals surface area contributed by atoms with Gasteiger partial charge in [0, 0.05) is 17.8 Å². The van der Waals surface area contributed by atoms with Crippen molar-refractivity contribution >= 4 is 0 Å². The lowest BCUT2D eigenvalue weighted by Gasteiger charge is -2.09. The molecule has 3 heteroatoms. The molecule has 0 amide bonds. The van der Waals surface area contributed by atoms with Crippen LogP contribution in [0.5, 0.6) is 0 Å². The van der Waals surface area contributed by atoms with Crippen molar-refractivity contribution in [2.24, 2.45) is 5.73 Å². The second-order valence-electron chi connectivity index (χ2n) is 4.21. The van der Waals surface area contributed by atoms with Gasteiger partial charge in [-0.25, -0.2) is 0 Å². The molecule has 2 rings (SSSR count). The lowest BCUT2D eigenvalue weighted by atomic mass is 10.1. The van der Waals surface area contributed by atoms with Crippen LogP contribution in [0.4, 0.5) is 0 Å². The highest BCUT2D eigenvalue weighted by Crippen LogP contribution is 2.29. The Labute approximate surface area is 85.3 Å². The number of aromatic nitrogens is 2. The van der Waals surface area contributed by atoms with E-state index in [4.69, 9.17) is 5.73 Å². The summed E-state index contributed by atoms with van der Waals surface area (Å²) in [6, 6.07) is 0.790. The minimum Gasteiger partial charge on any atom is -0.324 e. The van der Waals surface area contributed by atoms with Crippen LogP contribution in [0, 0.1) is 0 Å². The van der Waals surface area contributed by atoms with Crippen LogP contribution in [-0.2, 0) is 0 Å². The third kappa shape index (κ3) is 1.82. The van der Waals surface area contributed by atoms with Gasteiger partial charge in [-0.3, -0.25) is 4.68 Å². The van der Waals surface area contributed by atoms with Gasteiger partial charge in [-0.2, -0.15) is 5.10 Å². The van der Waals surface area contributed by atoms with Gasteiger partial charge < -0.3 is 5.73 Å². The summed E-state index contributed by atoms with van der Waals surface area (Å²) < 4.78 is 2.11. The maximum Gasteiger partial charge on any atom is 0.0537 e. The van der Waals surface area contributed by atoms with Crippen molar-refractivity contribution in [3.8, 4) is 0 Å². The number of hydrogen-bond acceptors (Lipinski definition) is 2. The molecule has 0 bridgehead atoms. The third-order valence-electron chi connectivity index (χ3n) is 3.19. The van der Waals surface area contributed by atoms with Gasteiger partial charge in [0.1, 0.15) is 0 Å². The van der Waals surface area contributed by atoms with Crippen molar-refractivity contribution in [3.05, 3.63) is 18.0 Å². The van der Waals surface area contributed by atoms with Crippen molar-refractivity contribution in [2.75, 3.05) is 0 Å². The molecule has 1 aromatic heterocycles. The standard InChI is InChI=1S/C11H19N3/c1-2-11(12)9-7-13-14(8-9)10-5-3-4-6-10/h7-8,10-11H,2-6,12H2,1H3. The summed E-state index contributed by atoms with van der Waals surface area (Å²) >= 11 is 0. The molecule has 78 valence electrons. The number of hydrogen-bond donors (Lipinski definition) is 1. The number of rotatable bonds is 3. The van der Waals surface area contributed by atoms with Gasteiger partial charge in [0.2, 0.25) is 0 Å². The molecule has 1 fully saturated rings. The first-order valence-electron chi connectivity index (χ1n) is 5.61. The van der Waals surface area contributed by atoms with Gasteiger partial charge in [0.05, 0.1) is 12.2 Å². The highest BCUT2D eigenvalue weighted by Gasteiger charge is 2.18. The van der Waals surface area contributed by atoms with Gasteiger partial charge in [0.25, 0.3) is 0 Å². The van der Waals surface area contributed by atoms with E-state index in [2.05, 4.69) is 22.9 Å². The van der Waals surface area contributed by atoms with Crippen molar-refractivity contribution in [1.82, 2.24) is 9.78 Å². The fraction of sp³-hybridized carbons (Fsp3) is 0.727. The predicted octanol–water partition coefficient (Wildman–Crippen LogP) is 2.41. The van der Waals surface area contributed by atoms with Crippen LogP contribution in [0.2, 0.25) is 0 Å². The summed E-state index contributed by atoms with van der Waals surface area (Å²) in [6.45, 7) is 2.11. The van der Waals surface area contributed by atoms with Gasteiger partial charge in [-0.1, -0.05) is 19.8 Å². The monoisotopic (exact) mass is 193 g/mol. The zero-order valence-corrected chi connectivity index (χ0v) is 8.82. The molecule has 1 aliphatic carbocycles. The van der Waals surface area contributed by atoms with Crippen LogP contribution in [0.1, 0.15) is 56.7 Å². The van der Waals surface area contributed by atoms with E-state index in [9.17, 15) is 0 Å². The minimum atomic E-state index is 0.158. The summed E-state index contributed by atoms with van der Waals surface area (Å²) in [5.41, 5.74) is 7.13. The Morgan fingerprint density at radius 3 is 2.93 bits per heavy atom. The van der Waals surface area contributed by atoms with Crippen LogP contribution in [0.3, 0.4) is 0 Å². The number of nitrogens with two attached hydrogens (primary N) is 1. The third-order valence-corrected chi connectivity index (χ3v) is 3.19. The zero-order valence-electron chi connectivity index (χ0n) is 8.82. The highest BCUT2D eigenvalue weighted by atomic mass is 15.3. The van der Waals surface area contributed by atoms with E-state index in [1.54, 1.807) is 0 Å². The Morgan fingerprint density at radius 1 is 1.57 bits per heavy atom. The van der Waals surface area contributed by atoms with Crippen LogP contribution in [0.25, 0.3) is 0 Å². The average Bonchev–Trinajstić information content (AvgIpc) is 2.86. The smallest absolute Gasteiger partial charge is 0.0537 e. The molecular weight excluding hydrogens is 174 g/mol. The van der Waals surface area contributed by atoms with Crippen LogP contribution in [-0.4, -0.2) is 9.78 Å². The summed E-state index contributed by atoms with van der Waals surface area (Å²) in [7, 11) is 0. The van der Waals surface area contributed by atoms with Gasteiger partial charge in [-0.15, -0.1) is 0 Å². The molecule has 0 radical (unpaired) electrons. The molecule has 1 unspecified atom stereocenters. The van der Waals surface area contributed by atoms with Gasteiger partial charge in [-0.05, 0) is 19.3 Å². The lowest BCUT2D eigenvalue weighted by molar-refractivity contribution is 0.466. The topological polar surface area (TPSA) is 43.8 Å². The molecular formula is C11H19N3. The Kier molecular flexibility index (Phi) is 2.87. The molecule has 1 saturated carbocycles. The molecule has 0 aromatic carbocycles. The summed E-state index contributed by atoms with van der Waals surface area (Å²) in [6.07, 6.45) is 10.3. The first-order valence-corrected chi connectivity index (χ1v) is 5.61. The molecule has 1 aliphatic rings. The Morgan fingerprint density at radius 2 is 2.29 bits per heavy atom. The van der Waals surface area contributed by atoms with Gasteiger partial charge in [0.15, 0.2) is 0 Å². The van der Waals surface area contributed by atoms with Crippen LogP contribution >= 0.6 is 0 Å². The Balaban J connectivity index is 2.08. The summed E-state index contributed by atoms with van der Waals surface area (Å²) in [4.78, 5) is 0. The molecule has 3 nitrogen and oxygen atoms in total. The van der Waals surface area contributed by atoms with E-state index in [-0.39, 0.29) is 6.04 Å². The van der Waals surface area contributed by atoms with E-state index in [0.29, 0.717) is 6.04 Å². The second-order valence-corrected chi connectivity index (χ2v) is 4.21. The molecule has 1 heterocycles. The molecule has 1 aromatic rings. The largest absolute Gasteiger partial charge is 0.324 e. The fourth-order valence-electron chi connectivity index (χ4n) is 2.15. The average molecular weight is 193 g/mol. The SMILES string of the molecule is CCC(N)c1cnn(C2CCCC2)c1. The molecule has 1 atom stereocenters. The van der Waals surface area contributed by atoms with E-state index >= 15 is 0 Å². The molecule has 0 spiro atoms. The maximum atomic E-state index is 5.95. The quantitative estimate of drug-likeness (QED) is 0.801. The first-order chi connectivity index (χ1) is 6.81. The predicted molar refractivity (Wildman–Crippen MR) is 57.0 cm³/mol. The molecule has 0 aliphatic heterocycles. The van der Waals surface area contributed by atoms with E-state index in [0.717, 1.165) is 6.42 Å². The minimum absolute atomic E-state index is 0.158. The number of nitrogens with zero attached hydrogens (tertiary/aromatic N) is 2. The van der Waals surface area contributed by atoms with Crippen molar-refractivity contribution in [2.45, 2.75) is 51.1 Å². The maximum absolute atomic E-state index is 5.95. The highest BCUT2D eigenvalue weighted by molar-refractivity contribution is 5.09. The fourth-order valence-corrected chi connectivity index (χ4v) is 2.15. The van der Waals surface area contributed by atoms with E-state index in [1.165, 1.54) is 31.2 Å². The Hall–Kier alpha value is -0.830. The second kappa shape index (κ2) is 4.13. The van der Waals surface area contributed by atoms with Crippen molar-refractivity contribution in [3.63, 3.8) is 0 Å². The van der Waals surface area contributed by atoms with Gasteiger partial charge >= 0.3 is 0 Å².